The predicted molar refractivity (Wildman–Crippen MR) is 63.2 cm³/mol. The first-order valence-electron chi connectivity index (χ1n) is 5.69. The van der Waals surface area contributed by atoms with E-state index < -0.39 is 5.97 Å². The van der Waals surface area contributed by atoms with Gasteiger partial charge in [-0.3, -0.25) is 0 Å². The van der Waals surface area contributed by atoms with Gasteiger partial charge in [0.2, 0.25) is 0 Å². The number of hydrogen-bond acceptors (Lipinski definition) is 3. The van der Waals surface area contributed by atoms with Crippen LogP contribution in [0.25, 0.3) is 0 Å². The fourth-order valence-corrected chi connectivity index (χ4v) is 2.18. The molecule has 2 aromatic rings. The average molecular weight is 244 g/mol. The van der Waals surface area contributed by atoms with Crippen LogP contribution in [0.1, 0.15) is 27.8 Å². The van der Waals surface area contributed by atoms with Gasteiger partial charge in [0.05, 0.1) is 25.2 Å². The van der Waals surface area contributed by atoms with Crippen molar-refractivity contribution in [1.29, 1.82) is 0 Å². The zero-order chi connectivity index (χ0) is 12.5. The molecule has 1 aliphatic rings. The van der Waals surface area contributed by atoms with Crippen molar-refractivity contribution in [3.05, 3.63) is 53.6 Å². The lowest BCUT2D eigenvalue weighted by molar-refractivity contribution is 0.00220. The molecule has 0 saturated heterocycles. The Morgan fingerprint density at radius 1 is 1.39 bits per heavy atom. The van der Waals surface area contributed by atoms with Gasteiger partial charge >= 0.3 is 5.97 Å². The molecule has 0 amide bonds. The van der Waals surface area contributed by atoms with E-state index in [-0.39, 0.29) is 18.4 Å². The fourth-order valence-electron chi connectivity index (χ4n) is 2.18. The van der Waals surface area contributed by atoms with Crippen LogP contribution in [0, 0.1) is 0 Å². The van der Waals surface area contributed by atoms with Gasteiger partial charge in [-0.25, -0.2) is 9.78 Å². The van der Waals surface area contributed by atoms with Crippen LogP contribution in [0.5, 0.6) is 0 Å². The maximum absolute atomic E-state index is 11.0. The molecule has 0 radical (unpaired) electrons. The molecule has 1 unspecified atom stereocenters. The molecule has 2 heterocycles. The SMILES string of the molecule is O=C(O)c1ncn2c1COC(c1ccccc1)C2. The van der Waals surface area contributed by atoms with Gasteiger partial charge in [0.15, 0.2) is 5.69 Å². The van der Waals surface area contributed by atoms with Crippen molar-refractivity contribution in [3.63, 3.8) is 0 Å². The zero-order valence-electron chi connectivity index (χ0n) is 9.61. The molecular formula is C13H12N2O3. The summed E-state index contributed by atoms with van der Waals surface area (Å²) in [7, 11) is 0. The third-order valence-corrected chi connectivity index (χ3v) is 3.10. The number of aromatic nitrogens is 2. The minimum atomic E-state index is -1.01. The first-order valence-corrected chi connectivity index (χ1v) is 5.69. The van der Waals surface area contributed by atoms with Crippen LogP contribution in [0.2, 0.25) is 0 Å². The molecular weight excluding hydrogens is 232 g/mol. The molecule has 18 heavy (non-hydrogen) atoms. The number of hydrogen-bond donors (Lipinski definition) is 1. The van der Waals surface area contributed by atoms with E-state index in [1.807, 2.05) is 34.9 Å². The normalized spacial score (nSPS) is 18.3. The number of carboxylic acids is 1. The Morgan fingerprint density at radius 3 is 2.89 bits per heavy atom. The van der Waals surface area contributed by atoms with E-state index in [1.54, 1.807) is 6.33 Å². The Labute approximate surface area is 104 Å². The molecule has 1 atom stereocenters. The van der Waals surface area contributed by atoms with Crippen molar-refractivity contribution in [3.8, 4) is 0 Å². The Kier molecular flexibility index (Phi) is 2.60. The van der Waals surface area contributed by atoms with Crippen LogP contribution >= 0.6 is 0 Å². The van der Waals surface area contributed by atoms with Gasteiger partial charge in [-0.05, 0) is 5.56 Å². The third-order valence-electron chi connectivity index (χ3n) is 3.10. The van der Waals surface area contributed by atoms with Crippen LogP contribution in [-0.2, 0) is 17.9 Å². The summed E-state index contributed by atoms with van der Waals surface area (Å²) in [4.78, 5) is 14.9. The van der Waals surface area contributed by atoms with Gasteiger partial charge in [0, 0.05) is 0 Å². The van der Waals surface area contributed by atoms with E-state index in [0.29, 0.717) is 12.2 Å². The minimum absolute atomic E-state index is 0.0467. The van der Waals surface area contributed by atoms with Crippen LogP contribution in [-0.4, -0.2) is 20.6 Å². The van der Waals surface area contributed by atoms with Crippen molar-refractivity contribution in [2.24, 2.45) is 0 Å². The average Bonchev–Trinajstić information content (AvgIpc) is 2.82. The number of imidazole rings is 1. The highest BCUT2D eigenvalue weighted by Gasteiger charge is 2.25. The quantitative estimate of drug-likeness (QED) is 0.875. The van der Waals surface area contributed by atoms with Crippen LogP contribution < -0.4 is 0 Å². The lowest BCUT2D eigenvalue weighted by Gasteiger charge is -2.25. The standard InChI is InChI=1S/C13H12N2O3/c16-13(17)12-10-7-18-11(6-15(10)8-14-12)9-4-2-1-3-5-9/h1-5,8,11H,6-7H2,(H,16,17). The molecule has 92 valence electrons. The van der Waals surface area contributed by atoms with E-state index >= 15 is 0 Å². The van der Waals surface area contributed by atoms with Crippen molar-refractivity contribution in [1.82, 2.24) is 9.55 Å². The molecule has 0 spiro atoms. The van der Waals surface area contributed by atoms with Crippen LogP contribution in [0.3, 0.4) is 0 Å². The first kappa shape index (κ1) is 11.0. The second kappa shape index (κ2) is 4.27. The molecule has 0 saturated carbocycles. The Balaban J connectivity index is 1.89. The molecule has 1 aromatic carbocycles. The van der Waals surface area contributed by atoms with Crippen molar-refractivity contribution < 1.29 is 14.6 Å². The molecule has 1 N–H and O–H groups in total. The summed E-state index contributed by atoms with van der Waals surface area (Å²) < 4.78 is 7.57. The number of ether oxygens (including phenoxy) is 1. The number of nitrogens with zero attached hydrogens (tertiary/aromatic N) is 2. The zero-order valence-corrected chi connectivity index (χ0v) is 9.61. The van der Waals surface area contributed by atoms with Crippen LogP contribution in [0.15, 0.2) is 36.7 Å². The van der Waals surface area contributed by atoms with Gasteiger partial charge in [-0.1, -0.05) is 30.3 Å². The molecule has 1 aliphatic heterocycles. The topological polar surface area (TPSA) is 64.3 Å². The molecule has 0 aliphatic carbocycles. The van der Waals surface area contributed by atoms with Crippen molar-refractivity contribution in [2.75, 3.05) is 0 Å². The summed E-state index contributed by atoms with van der Waals surface area (Å²) in [6, 6.07) is 9.89. The maximum Gasteiger partial charge on any atom is 0.356 e. The summed E-state index contributed by atoms with van der Waals surface area (Å²) in [6.07, 6.45) is 1.52. The molecule has 1 aromatic heterocycles. The molecule has 0 fully saturated rings. The number of rotatable bonds is 2. The Morgan fingerprint density at radius 2 is 2.17 bits per heavy atom. The number of carboxylic acid groups (broad SMARTS) is 1. The van der Waals surface area contributed by atoms with Gasteiger partial charge in [0.25, 0.3) is 0 Å². The van der Waals surface area contributed by atoms with E-state index in [1.165, 1.54) is 0 Å². The maximum atomic E-state index is 11.0. The predicted octanol–water partition coefficient (Wildman–Crippen LogP) is 1.85. The van der Waals surface area contributed by atoms with E-state index in [2.05, 4.69) is 4.98 Å². The van der Waals surface area contributed by atoms with Gasteiger partial charge in [0.1, 0.15) is 6.10 Å². The van der Waals surface area contributed by atoms with E-state index in [0.717, 1.165) is 5.56 Å². The summed E-state index contributed by atoms with van der Waals surface area (Å²) in [5.41, 5.74) is 1.81. The Bertz CT molecular complexity index is 577. The molecule has 3 rings (SSSR count). The minimum Gasteiger partial charge on any atom is -0.476 e. The van der Waals surface area contributed by atoms with Crippen LogP contribution in [0.4, 0.5) is 0 Å². The monoisotopic (exact) mass is 244 g/mol. The second-order valence-corrected chi connectivity index (χ2v) is 4.21. The molecule has 5 heteroatoms. The summed E-state index contributed by atoms with van der Waals surface area (Å²) >= 11 is 0. The van der Waals surface area contributed by atoms with Gasteiger partial charge in [-0.15, -0.1) is 0 Å². The smallest absolute Gasteiger partial charge is 0.356 e. The highest BCUT2D eigenvalue weighted by molar-refractivity contribution is 5.86. The molecule has 5 nitrogen and oxygen atoms in total. The number of fused-ring (bicyclic) bond motifs is 1. The summed E-state index contributed by atoms with van der Waals surface area (Å²) in [5, 5.41) is 8.98. The lowest BCUT2D eigenvalue weighted by Crippen LogP contribution is -2.21. The lowest BCUT2D eigenvalue weighted by atomic mass is 10.1. The highest BCUT2D eigenvalue weighted by Crippen LogP contribution is 2.27. The van der Waals surface area contributed by atoms with Crippen molar-refractivity contribution >= 4 is 5.97 Å². The molecule has 0 bridgehead atoms. The Hall–Kier alpha value is -2.14. The first-order chi connectivity index (χ1) is 8.75. The number of benzene rings is 1. The summed E-state index contributed by atoms with van der Waals surface area (Å²) in [5.74, 6) is -1.01. The second-order valence-electron chi connectivity index (χ2n) is 4.21. The largest absolute Gasteiger partial charge is 0.476 e. The van der Waals surface area contributed by atoms with Gasteiger partial charge in [-0.2, -0.15) is 0 Å². The number of carbonyl (C=O) groups is 1. The van der Waals surface area contributed by atoms with Crippen molar-refractivity contribution in [2.45, 2.75) is 19.3 Å². The van der Waals surface area contributed by atoms with E-state index in [4.69, 9.17) is 9.84 Å². The fraction of sp³-hybridized carbons (Fsp3) is 0.231. The highest BCUT2D eigenvalue weighted by atomic mass is 16.5. The van der Waals surface area contributed by atoms with Gasteiger partial charge < -0.3 is 14.4 Å². The third kappa shape index (κ3) is 1.78. The number of aromatic carboxylic acids is 1. The summed E-state index contributed by atoms with van der Waals surface area (Å²) in [6.45, 7) is 0.876. The van der Waals surface area contributed by atoms with E-state index in [9.17, 15) is 4.79 Å².